The van der Waals surface area contributed by atoms with Gasteiger partial charge in [0.15, 0.2) is 0 Å². The molecule has 0 heterocycles. The lowest BCUT2D eigenvalue weighted by atomic mass is 10.1. The number of carbonyl (C=O) groups excluding carboxylic acids is 2. The summed E-state index contributed by atoms with van der Waals surface area (Å²) in [5.41, 5.74) is 1.06. The van der Waals surface area contributed by atoms with E-state index in [1.165, 1.54) is 17.0 Å². The van der Waals surface area contributed by atoms with Crippen molar-refractivity contribution >= 4 is 39.1 Å². The molecule has 0 aliphatic rings. The number of halogens is 1. The first-order chi connectivity index (χ1) is 19.6. The van der Waals surface area contributed by atoms with Gasteiger partial charge < -0.3 is 15.0 Å². The lowest BCUT2D eigenvalue weighted by molar-refractivity contribution is -0.140. The third-order valence-electron chi connectivity index (χ3n) is 6.38. The van der Waals surface area contributed by atoms with Gasteiger partial charge in [0.05, 0.1) is 17.2 Å². The van der Waals surface area contributed by atoms with E-state index in [2.05, 4.69) is 5.32 Å². The van der Waals surface area contributed by atoms with Gasteiger partial charge in [-0.3, -0.25) is 13.9 Å². The summed E-state index contributed by atoms with van der Waals surface area (Å²) < 4.78 is 34.4. The Morgan fingerprint density at radius 3 is 2.12 bits per heavy atom. The fourth-order valence-electron chi connectivity index (χ4n) is 4.25. The lowest BCUT2D eigenvalue weighted by Crippen LogP contribution is -2.52. The number of carbonyl (C=O) groups is 2. The molecule has 3 aromatic rings. The number of nitrogens with one attached hydrogen (secondary N) is 1. The SMILES string of the molecule is CCOc1ccc(N(CC(=O)N(Cc2ccc(Cl)cc2)[C@@H](CC)C(=O)NCC(C)C)S(=O)(=O)c2ccccc2)cc1. The van der Waals surface area contributed by atoms with Gasteiger partial charge in [0.2, 0.25) is 11.8 Å². The topological polar surface area (TPSA) is 96.0 Å². The molecule has 10 heteroatoms. The Labute approximate surface area is 248 Å². The van der Waals surface area contributed by atoms with E-state index >= 15 is 0 Å². The summed E-state index contributed by atoms with van der Waals surface area (Å²) in [4.78, 5) is 28.8. The number of benzene rings is 3. The van der Waals surface area contributed by atoms with Crippen molar-refractivity contribution in [2.75, 3.05) is 24.0 Å². The molecule has 41 heavy (non-hydrogen) atoms. The number of ether oxygens (including phenoxy) is 1. The summed E-state index contributed by atoms with van der Waals surface area (Å²) >= 11 is 6.07. The predicted molar refractivity (Wildman–Crippen MR) is 163 cm³/mol. The molecule has 3 aromatic carbocycles. The Morgan fingerprint density at radius 2 is 1.56 bits per heavy atom. The Morgan fingerprint density at radius 1 is 0.927 bits per heavy atom. The van der Waals surface area contributed by atoms with Gasteiger partial charge in [-0.15, -0.1) is 0 Å². The van der Waals surface area contributed by atoms with E-state index in [0.717, 1.165) is 9.87 Å². The van der Waals surface area contributed by atoms with Crippen molar-refractivity contribution in [3.05, 3.63) is 89.4 Å². The number of sulfonamides is 1. The molecule has 1 N–H and O–H groups in total. The van der Waals surface area contributed by atoms with E-state index in [9.17, 15) is 18.0 Å². The monoisotopic (exact) mass is 599 g/mol. The van der Waals surface area contributed by atoms with Gasteiger partial charge in [-0.25, -0.2) is 8.42 Å². The van der Waals surface area contributed by atoms with Crippen LogP contribution in [0.4, 0.5) is 5.69 Å². The minimum atomic E-state index is -4.13. The van der Waals surface area contributed by atoms with Crippen LogP contribution in [0.3, 0.4) is 0 Å². The summed E-state index contributed by atoms with van der Waals surface area (Å²) in [6, 6.07) is 20.7. The van der Waals surface area contributed by atoms with Crippen molar-refractivity contribution in [3.8, 4) is 5.75 Å². The van der Waals surface area contributed by atoms with Crippen molar-refractivity contribution in [3.63, 3.8) is 0 Å². The van der Waals surface area contributed by atoms with Crippen LogP contribution >= 0.6 is 11.6 Å². The standard InChI is InChI=1S/C31H38ClN3O5S/c1-5-29(31(37)33-20-23(3)4)34(21-24-12-14-25(32)15-13-24)30(36)22-35(26-16-18-27(19-17-26)40-6-2)41(38,39)28-10-8-7-9-11-28/h7-19,23,29H,5-6,20-22H2,1-4H3,(H,33,37)/t29-/m0/s1. The van der Waals surface area contributed by atoms with E-state index in [1.807, 2.05) is 27.7 Å². The van der Waals surface area contributed by atoms with Gasteiger partial charge in [0.25, 0.3) is 10.0 Å². The third kappa shape index (κ3) is 8.71. The molecule has 0 fully saturated rings. The zero-order valence-corrected chi connectivity index (χ0v) is 25.5. The Kier molecular flexibility index (Phi) is 11.6. The van der Waals surface area contributed by atoms with Gasteiger partial charge in [-0.1, -0.05) is 62.7 Å². The number of rotatable bonds is 14. The fraction of sp³-hybridized carbons (Fsp3) is 0.355. The van der Waals surface area contributed by atoms with Crippen LogP contribution in [-0.2, 0) is 26.2 Å². The highest BCUT2D eigenvalue weighted by Gasteiger charge is 2.33. The quantitative estimate of drug-likeness (QED) is 0.263. The van der Waals surface area contributed by atoms with E-state index < -0.39 is 28.5 Å². The Balaban J connectivity index is 2.03. The molecule has 0 bridgehead atoms. The molecule has 8 nitrogen and oxygen atoms in total. The van der Waals surface area contributed by atoms with Gasteiger partial charge in [-0.2, -0.15) is 0 Å². The van der Waals surface area contributed by atoms with Crippen LogP contribution in [0.5, 0.6) is 5.75 Å². The molecule has 1 atom stereocenters. The average molecular weight is 600 g/mol. The smallest absolute Gasteiger partial charge is 0.264 e. The predicted octanol–water partition coefficient (Wildman–Crippen LogP) is 5.51. The summed E-state index contributed by atoms with van der Waals surface area (Å²) in [6.45, 7) is 8.17. The van der Waals surface area contributed by atoms with Crippen molar-refractivity contribution in [1.82, 2.24) is 10.2 Å². The van der Waals surface area contributed by atoms with Crippen molar-refractivity contribution in [2.24, 2.45) is 5.92 Å². The molecule has 0 aliphatic heterocycles. The van der Waals surface area contributed by atoms with E-state index in [0.29, 0.717) is 36.0 Å². The molecule has 3 rings (SSSR count). The maximum absolute atomic E-state index is 14.1. The molecule has 0 aromatic heterocycles. The van der Waals surface area contributed by atoms with Gasteiger partial charge in [-0.05, 0) is 73.4 Å². The van der Waals surface area contributed by atoms with Gasteiger partial charge in [0.1, 0.15) is 18.3 Å². The summed E-state index contributed by atoms with van der Waals surface area (Å²) in [7, 11) is -4.13. The van der Waals surface area contributed by atoms with Crippen LogP contribution in [0.15, 0.2) is 83.8 Å². The molecule has 0 aliphatic carbocycles. The Hall–Kier alpha value is -3.56. The highest BCUT2D eigenvalue weighted by atomic mass is 35.5. The number of amides is 2. The van der Waals surface area contributed by atoms with Crippen molar-refractivity contribution < 1.29 is 22.7 Å². The van der Waals surface area contributed by atoms with Crippen LogP contribution in [0.25, 0.3) is 0 Å². The van der Waals surface area contributed by atoms with E-state index in [-0.39, 0.29) is 23.3 Å². The van der Waals surface area contributed by atoms with Crippen LogP contribution in [0, 0.1) is 5.92 Å². The van der Waals surface area contributed by atoms with Gasteiger partial charge >= 0.3 is 0 Å². The maximum atomic E-state index is 14.1. The van der Waals surface area contributed by atoms with E-state index in [1.54, 1.807) is 66.7 Å². The molecule has 0 unspecified atom stereocenters. The number of hydrogen-bond acceptors (Lipinski definition) is 5. The van der Waals surface area contributed by atoms with E-state index in [4.69, 9.17) is 16.3 Å². The second-order valence-electron chi connectivity index (χ2n) is 9.96. The summed E-state index contributed by atoms with van der Waals surface area (Å²) in [5.74, 6) is 0.00171. The maximum Gasteiger partial charge on any atom is 0.264 e. The minimum absolute atomic E-state index is 0.0488. The lowest BCUT2D eigenvalue weighted by Gasteiger charge is -2.33. The molecular formula is C31H38ClN3O5S. The van der Waals surface area contributed by atoms with Crippen LogP contribution in [-0.4, -0.2) is 50.9 Å². The molecule has 2 amide bonds. The number of nitrogens with zero attached hydrogens (tertiary/aromatic N) is 2. The number of hydrogen-bond donors (Lipinski definition) is 1. The van der Waals surface area contributed by atoms with Crippen LogP contribution < -0.4 is 14.4 Å². The largest absolute Gasteiger partial charge is 0.494 e. The normalized spacial score (nSPS) is 12.0. The van der Waals surface area contributed by atoms with Crippen molar-refractivity contribution in [2.45, 2.75) is 51.6 Å². The first-order valence-corrected chi connectivity index (χ1v) is 15.5. The highest BCUT2D eigenvalue weighted by molar-refractivity contribution is 7.92. The second-order valence-corrected chi connectivity index (χ2v) is 12.3. The summed E-state index contributed by atoms with van der Waals surface area (Å²) in [5, 5.41) is 3.47. The molecule has 0 saturated carbocycles. The first-order valence-electron chi connectivity index (χ1n) is 13.7. The first kappa shape index (κ1) is 32.0. The molecule has 0 spiro atoms. The summed E-state index contributed by atoms with van der Waals surface area (Å²) in [6.07, 6.45) is 0.345. The van der Waals surface area contributed by atoms with Crippen LogP contribution in [0.1, 0.15) is 39.7 Å². The molecule has 220 valence electrons. The minimum Gasteiger partial charge on any atom is -0.494 e. The average Bonchev–Trinajstić information content (AvgIpc) is 2.96. The second kappa shape index (κ2) is 14.9. The zero-order valence-electron chi connectivity index (χ0n) is 23.9. The molecule has 0 saturated heterocycles. The number of anilines is 1. The van der Waals surface area contributed by atoms with Crippen molar-refractivity contribution in [1.29, 1.82) is 0 Å². The fourth-order valence-corrected chi connectivity index (χ4v) is 5.81. The van der Waals surface area contributed by atoms with Gasteiger partial charge in [0, 0.05) is 18.1 Å². The Bertz CT molecular complexity index is 1380. The zero-order chi connectivity index (χ0) is 30.0. The molecular weight excluding hydrogens is 562 g/mol. The third-order valence-corrected chi connectivity index (χ3v) is 8.42. The van der Waals surface area contributed by atoms with Crippen LogP contribution in [0.2, 0.25) is 5.02 Å². The highest BCUT2D eigenvalue weighted by Crippen LogP contribution is 2.27. The molecule has 0 radical (unpaired) electrons.